The quantitative estimate of drug-likeness (QED) is 0.534. The van der Waals surface area contributed by atoms with Crippen molar-refractivity contribution in [2.45, 2.75) is 18.4 Å². The van der Waals surface area contributed by atoms with Gasteiger partial charge in [-0.15, -0.1) is 0 Å². The summed E-state index contributed by atoms with van der Waals surface area (Å²) in [6.07, 6.45) is -0.460. The summed E-state index contributed by atoms with van der Waals surface area (Å²) in [4.78, 5) is 10.6. The fourth-order valence-corrected chi connectivity index (χ4v) is 1.80. The first-order valence-electron chi connectivity index (χ1n) is 4.68. The Labute approximate surface area is 92.1 Å². The van der Waals surface area contributed by atoms with Crippen LogP contribution in [0.2, 0.25) is 0 Å². The summed E-state index contributed by atoms with van der Waals surface area (Å²) in [5, 5.41) is 2.65. The molecule has 16 heavy (non-hydrogen) atoms. The van der Waals surface area contributed by atoms with E-state index in [1.165, 1.54) is 0 Å². The maximum atomic E-state index is 12.7. The summed E-state index contributed by atoms with van der Waals surface area (Å²) in [5.74, 6) is -5.00. The number of halogens is 2. The minimum absolute atomic E-state index is 0.0385. The van der Waals surface area contributed by atoms with Gasteiger partial charge >= 0.3 is 11.9 Å². The highest BCUT2D eigenvalue weighted by Gasteiger charge is 2.50. The van der Waals surface area contributed by atoms with E-state index in [0.717, 1.165) is 6.26 Å². The largest absolute Gasteiger partial charge is 0.456 e. The predicted octanol–water partition coefficient (Wildman–Crippen LogP) is -0.429. The molecule has 1 rings (SSSR count). The molecule has 1 unspecified atom stereocenters. The summed E-state index contributed by atoms with van der Waals surface area (Å²) < 4.78 is 51.3. The molecule has 0 aliphatic carbocycles. The van der Waals surface area contributed by atoms with Crippen LogP contribution >= 0.6 is 0 Å². The lowest BCUT2D eigenvalue weighted by atomic mass is 10.2. The Morgan fingerprint density at radius 2 is 2.19 bits per heavy atom. The van der Waals surface area contributed by atoms with Gasteiger partial charge in [0.15, 0.2) is 0 Å². The molecule has 1 fully saturated rings. The van der Waals surface area contributed by atoms with Crippen molar-refractivity contribution in [2.24, 2.45) is 0 Å². The summed E-state index contributed by atoms with van der Waals surface area (Å²) in [5.41, 5.74) is 0. The maximum Gasteiger partial charge on any atom is 0.377 e. The average Bonchev–Trinajstić information content (AvgIpc) is 2.33. The average molecular weight is 257 g/mol. The van der Waals surface area contributed by atoms with Gasteiger partial charge in [0.05, 0.1) is 12.2 Å². The molecule has 1 aliphatic rings. The van der Waals surface area contributed by atoms with Crippen molar-refractivity contribution in [3.05, 3.63) is 0 Å². The number of hydrogen-bond donors (Lipinski definition) is 1. The van der Waals surface area contributed by atoms with Gasteiger partial charge in [-0.05, 0) is 0 Å². The number of ether oxygens (including phenoxy) is 1. The van der Waals surface area contributed by atoms with Crippen LogP contribution in [0.5, 0.6) is 0 Å². The number of hydrogen-bond acceptors (Lipinski definition) is 5. The van der Waals surface area contributed by atoms with Crippen LogP contribution in [0, 0.1) is 0 Å². The third-order valence-electron chi connectivity index (χ3n) is 2.08. The Kier molecular flexibility index (Phi) is 3.84. The van der Waals surface area contributed by atoms with Gasteiger partial charge in [-0.2, -0.15) is 8.78 Å². The smallest absolute Gasteiger partial charge is 0.377 e. The van der Waals surface area contributed by atoms with E-state index in [4.69, 9.17) is 0 Å². The molecular formula is C8H13F2NO4S. The van der Waals surface area contributed by atoms with Gasteiger partial charge in [-0.25, -0.2) is 13.2 Å². The highest BCUT2D eigenvalue weighted by atomic mass is 32.2. The zero-order valence-electron chi connectivity index (χ0n) is 8.70. The highest BCUT2D eigenvalue weighted by molar-refractivity contribution is 7.90. The summed E-state index contributed by atoms with van der Waals surface area (Å²) in [7, 11) is -3.07. The Hall–Kier alpha value is -0.760. The number of alkyl halides is 2. The molecule has 5 nitrogen and oxygen atoms in total. The number of esters is 1. The third-order valence-corrected chi connectivity index (χ3v) is 3.02. The number of rotatable bonds is 5. The normalized spacial score (nSPS) is 24.4. The lowest BCUT2D eigenvalue weighted by Crippen LogP contribution is -2.30. The van der Waals surface area contributed by atoms with Crippen molar-refractivity contribution >= 4 is 15.8 Å². The fraction of sp³-hybridized carbons (Fsp3) is 0.875. The fourth-order valence-electron chi connectivity index (χ4n) is 1.28. The molecule has 0 amide bonds. The van der Waals surface area contributed by atoms with Crippen LogP contribution in [0.4, 0.5) is 8.78 Å². The molecule has 1 aliphatic heterocycles. The lowest BCUT2D eigenvalue weighted by molar-refractivity contribution is -0.158. The topological polar surface area (TPSA) is 72.5 Å². The zero-order chi connectivity index (χ0) is 12.4. The molecule has 1 atom stereocenters. The van der Waals surface area contributed by atoms with E-state index in [-0.39, 0.29) is 18.8 Å². The number of cyclic esters (lactones) is 1. The highest BCUT2D eigenvalue weighted by Crippen LogP contribution is 2.30. The first-order valence-corrected chi connectivity index (χ1v) is 6.74. The number of carbonyl (C=O) groups is 1. The Bertz CT molecular complexity index is 368. The molecule has 1 saturated heterocycles. The molecule has 0 spiro atoms. The Balaban J connectivity index is 2.24. The van der Waals surface area contributed by atoms with E-state index < -0.39 is 34.3 Å². The Morgan fingerprint density at radius 1 is 1.56 bits per heavy atom. The number of sulfone groups is 1. The van der Waals surface area contributed by atoms with Crippen LogP contribution in [0.25, 0.3) is 0 Å². The second-order valence-electron chi connectivity index (χ2n) is 3.77. The standard InChI is InChI=1S/C8H13F2NO4S/c1-16(13,14)3-2-11-5-6-4-8(9,10)7(12)15-6/h6,11H,2-5H2,1H3. The van der Waals surface area contributed by atoms with Crippen LogP contribution in [-0.4, -0.2) is 51.5 Å². The summed E-state index contributed by atoms with van der Waals surface area (Å²) in [6.45, 7) is 0.190. The SMILES string of the molecule is CS(=O)(=O)CCNCC1CC(F)(F)C(=O)O1. The van der Waals surface area contributed by atoms with Gasteiger partial charge in [-0.3, -0.25) is 0 Å². The maximum absolute atomic E-state index is 12.7. The van der Waals surface area contributed by atoms with E-state index in [9.17, 15) is 22.0 Å². The van der Waals surface area contributed by atoms with E-state index >= 15 is 0 Å². The van der Waals surface area contributed by atoms with Crippen molar-refractivity contribution in [1.29, 1.82) is 0 Å². The first kappa shape index (κ1) is 13.3. The second-order valence-corrected chi connectivity index (χ2v) is 6.03. The van der Waals surface area contributed by atoms with Gasteiger partial charge in [-0.1, -0.05) is 0 Å². The molecule has 1 N–H and O–H groups in total. The molecule has 0 saturated carbocycles. The molecule has 94 valence electrons. The molecule has 0 aromatic heterocycles. The third kappa shape index (κ3) is 4.01. The van der Waals surface area contributed by atoms with E-state index in [1.807, 2.05) is 0 Å². The van der Waals surface area contributed by atoms with Crippen LogP contribution in [-0.2, 0) is 19.4 Å². The Morgan fingerprint density at radius 3 is 2.62 bits per heavy atom. The van der Waals surface area contributed by atoms with Crippen molar-refractivity contribution in [2.75, 3.05) is 25.1 Å². The van der Waals surface area contributed by atoms with Gasteiger partial charge in [0, 0.05) is 19.3 Å². The molecule has 8 heteroatoms. The summed E-state index contributed by atoms with van der Waals surface area (Å²) in [6, 6.07) is 0. The lowest BCUT2D eigenvalue weighted by Gasteiger charge is -2.09. The van der Waals surface area contributed by atoms with Gasteiger partial charge in [0.1, 0.15) is 15.9 Å². The second kappa shape index (κ2) is 4.62. The molecule has 0 bridgehead atoms. The van der Waals surface area contributed by atoms with E-state index in [0.29, 0.717) is 0 Å². The van der Waals surface area contributed by atoms with Crippen molar-refractivity contribution in [3.63, 3.8) is 0 Å². The molecule has 1 heterocycles. The van der Waals surface area contributed by atoms with Crippen molar-refractivity contribution in [3.8, 4) is 0 Å². The molecule has 0 aromatic rings. The van der Waals surface area contributed by atoms with Crippen LogP contribution in [0.3, 0.4) is 0 Å². The zero-order valence-corrected chi connectivity index (χ0v) is 9.52. The number of nitrogens with one attached hydrogen (secondary N) is 1. The van der Waals surface area contributed by atoms with E-state index in [2.05, 4.69) is 10.1 Å². The van der Waals surface area contributed by atoms with Crippen LogP contribution in [0.15, 0.2) is 0 Å². The minimum Gasteiger partial charge on any atom is -0.456 e. The molecule has 0 aromatic carbocycles. The van der Waals surface area contributed by atoms with Gasteiger partial charge < -0.3 is 10.1 Å². The number of carbonyl (C=O) groups excluding carboxylic acids is 1. The van der Waals surface area contributed by atoms with E-state index in [1.54, 1.807) is 0 Å². The van der Waals surface area contributed by atoms with Crippen molar-refractivity contribution in [1.82, 2.24) is 5.32 Å². The molecular weight excluding hydrogens is 244 g/mol. The minimum atomic E-state index is -3.41. The van der Waals surface area contributed by atoms with Crippen LogP contribution < -0.4 is 5.32 Å². The van der Waals surface area contributed by atoms with Gasteiger partial charge in [0.25, 0.3) is 0 Å². The molecule has 0 radical (unpaired) electrons. The first-order chi connectivity index (χ1) is 7.21. The summed E-state index contributed by atoms with van der Waals surface area (Å²) >= 11 is 0. The van der Waals surface area contributed by atoms with Crippen molar-refractivity contribution < 1.29 is 26.7 Å². The predicted molar refractivity (Wildman–Crippen MR) is 52.0 cm³/mol. The monoisotopic (exact) mass is 257 g/mol. The van der Waals surface area contributed by atoms with Crippen LogP contribution in [0.1, 0.15) is 6.42 Å². The van der Waals surface area contributed by atoms with Gasteiger partial charge in [0.2, 0.25) is 0 Å².